The van der Waals surface area contributed by atoms with Crippen molar-refractivity contribution >= 4 is 58.3 Å². The third-order valence-electron chi connectivity index (χ3n) is 16.2. The number of benzene rings is 4. The van der Waals surface area contributed by atoms with E-state index >= 15 is 0 Å². The van der Waals surface area contributed by atoms with Crippen LogP contribution in [0.1, 0.15) is 133 Å². The minimum absolute atomic E-state index is 0.0181. The van der Waals surface area contributed by atoms with Gasteiger partial charge in [-0.2, -0.15) is 0 Å². The lowest BCUT2D eigenvalue weighted by atomic mass is 9.77. The van der Waals surface area contributed by atoms with E-state index in [9.17, 15) is 19.2 Å². The van der Waals surface area contributed by atoms with Gasteiger partial charge in [0.15, 0.2) is 0 Å². The quantitative estimate of drug-likeness (QED) is 0.133. The number of aryl methyl sites for hydroxylation is 4. The standard InChI is InChI=1S/C59H62N2O4/c1-11-34-15-17-38(13-3)44(22-34)46-26-40-28-48(46)52-50(40)56(62)60(58(52)64)54-32(9)19-36(24-42(54)30(5)6)21-37-20-33(10)55(43(25-37)31(7)8)61-57(63)51-41-27-47(49(29-41)53(51)59(61)65)45-23-35(12-2)16-18-39(45)14-4/h11-12,15-20,22-27,30-31,40-41,48-53H,1-2,13-14,21,28-29H2,3-10H3. The molecule has 0 spiro atoms. The largest absolute Gasteiger partial charge is 0.274 e. The number of hydrogen-bond donors (Lipinski definition) is 0. The first-order chi connectivity index (χ1) is 31.2. The Morgan fingerprint density at radius 1 is 0.569 bits per heavy atom. The molecule has 6 heteroatoms. The molecule has 6 nitrogen and oxygen atoms in total. The highest BCUT2D eigenvalue weighted by atomic mass is 16.2. The monoisotopic (exact) mass is 862 g/mol. The fourth-order valence-corrected chi connectivity index (χ4v) is 13.4. The molecule has 8 unspecified atom stereocenters. The van der Waals surface area contributed by atoms with Crippen LogP contribution >= 0.6 is 0 Å². The molecule has 4 aromatic carbocycles. The first kappa shape index (κ1) is 43.0. The summed E-state index contributed by atoms with van der Waals surface area (Å²) in [6.45, 7) is 24.9. The van der Waals surface area contributed by atoms with E-state index < -0.39 is 0 Å². The molecule has 4 fully saturated rings. The van der Waals surface area contributed by atoms with Gasteiger partial charge in [-0.15, -0.1) is 0 Å². The third kappa shape index (κ3) is 6.48. The molecule has 10 rings (SSSR count). The average molecular weight is 863 g/mol. The number of carbonyl (C=O) groups is 4. The van der Waals surface area contributed by atoms with Crippen molar-refractivity contribution < 1.29 is 19.2 Å². The Morgan fingerprint density at radius 2 is 0.954 bits per heavy atom. The second kappa shape index (κ2) is 15.9. The maximum atomic E-state index is 14.7. The highest BCUT2D eigenvalue weighted by Gasteiger charge is 2.63. The topological polar surface area (TPSA) is 74.8 Å². The summed E-state index contributed by atoms with van der Waals surface area (Å²) in [5.74, 6) is -1.37. The van der Waals surface area contributed by atoms with Crippen molar-refractivity contribution in [3.63, 3.8) is 0 Å². The molecule has 2 saturated carbocycles. The molecule has 0 N–H and O–H groups in total. The van der Waals surface area contributed by atoms with Gasteiger partial charge in [0.1, 0.15) is 0 Å². The second-order valence-electron chi connectivity index (χ2n) is 20.5. The van der Waals surface area contributed by atoms with Crippen molar-refractivity contribution in [1.82, 2.24) is 0 Å². The third-order valence-corrected chi connectivity index (χ3v) is 16.2. The van der Waals surface area contributed by atoms with E-state index in [1.165, 1.54) is 33.4 Å². The number of imide groups is 2. The van der Waals surface area contributed by atoms with Gasteiger partial charge in [0.05, 0.1) is 35.0 Å². The Hall–Kier alpha value is -5.88. The van der Waals surface area contributed by atoms with Crippen LogP contribution in [0.15, 0.2) is 86.0 Å². The summed E-state index contributed by atoms with van der Waals surface area (Å²) in [7, 11) is 0. The van der Waals surface area contributed by atoms with Gasteiger partial charge in [-0.3, -0.25) is 19.2 Å². The van der Waals surface area contributed by atoms with E-state index in [0.29, 0.717) is 6.42 Å². The van der Waals surface area contributed by atoms with Gasteiger partial charge in [-0.25, -0.2) is 9.80 Å². The number of allylic oxidation sites excluding steroid dienone is 4. The average Bonchev–Trinajstić information content (AvgIpc) is 4.15. The van der Waals surface area contributed by atoms with E-state index in [1.807, 2.05) is 26.0 Å². The van der Waals surface area contributed by atoms with Crippen LogP contribution in [0.4, 0.5) is 11.4 Å². The van der Waals surface area contributed by atoms with E-state index in [1.54, 1.807) is 9.80 Å². The molecule has 4 bridgehead atoms. The molecule has 0 aromatic heterocycles. The van der Waals surface area contributed by atoms with Crippen LogP contribution < -0.4 is 9.80 Å². The van der Waals surface area contributed by atoms with Crippen molar-refractivity contribution in [1.29, 1.82) is 0 Å². The molecule has 4 aliphatic carbocycles. The van der Waals surface area contributed by atoms with E-state index in [-0.39, 0.29) is 82.8 Å². The molecule has 6 aliphatic rings. The van der Waals surface area contributed by atoms with Crippen LogP contribution in [0.25, 0.3) is 23.3 Å². The summed E-state index contributed by atoms with van der Waals surface area (Å²) < 4.78 is 0. The van der Waals surface area contributed by atoms with Crippen LogP contribution in [0.2, 0.25) is 0 Å². The lowest BCUT2D eigenvalue weighted by Crippen LogP contribution is -2.34. The smallest absolute Gasteiger partial charge is 0.238 e. The minimum Gasteiger partial charge on any atom is -0.274 e. The summed E-state index contributed by atoms with van der Waals surface area (Å²) in [4.78, 5) is 61.6. The van der Waals surface area contributed by atoms with Crippen LogP contribution in [0.3, 0.4) is 0 Å². The normalized spacial score (nSPS) is 26.2. The zero-order valence-corrected chi connectivity index (χ0v) is 39.3. The zero-order chi connectivity index (χ0) is 45.9. The molecule has 8 atom stereocenters. The number of nitrogens with zero attached hydrogens (tertiary/aromatic N) is 2. The molecule has 4 amide bonds. The second-order valence-corrected chi connectivity index (χ2v) is 20.5. The van der Waals surface area contributed by atoms with Crippen molar-refractivity contribution in [2.24, 2.45) is 47.3 Å². The zero-order valence-electron chi connectivity index (χ0n) is 39.3. The van der Waals surface area contributed by atoms with Crippen LogP contribution in [0, 0.1) is 61.2 Å². The van der Waals surface area contributed by atoms with Crippen LogP contribution in [-0.4, -0.2) is 23.6 Å². The Kier molecular flexibility index (Phi) is 10.5. The summed E-state index contributed by atoms with van der Waals surface area (Å²) in [5, 5.41) is 0. The van der Waals surface area contributed by atoms with Gasteiger partial charge in [-0.05, 0) is 171 Å². The number of rotatable bonds is 12. The van der Waals surface area contributed by atoms with Gasteiger partial charge in [0.2, 0.25) is 23.6 Å². The Bertz CT molecular complexity index is 2640. The van der Waals surface area contributed by atoms with Gasteiger partial charge in [-0.1, -0.05) is 128 Å². The van der Waals surface area contributed by atoms with Gasteiger partial charge >= 0.3 is 0 Å². The first-order valence-electron chi connectivity index (χ1n) is 24.2. The fourth-order valence-electron chi connectivity index (χ4n) is 13.4. The van der Waals surface area contributed by atoms with Crippen molar-refractivity contribution in [3.8, 4) is 0 Å². The van der Waals surface area contributed by atoms with Gasteiger partial charge < -0.3 is 0 Å². The summed E-state index contributed by atoms with van der Waals surface area (Å²) in [6, 6.07) is 21.6. The number of anilines is 2. The predicted octanol–water partition coefficient (Wildman–Crippen LogP) is 12.2. The van der Waals surface area contributed by atoms with Crippen LogP contribution in [0.5, 0.6) is 0 Å². The number of fused-ring (bicyclic) bond motifs is 10. The Balaban J connectivity index is 0.930. The summed E-state index contributed by atoms with van der Waals surface area (Å²) >= 11 is 0. The highest BCUT2D eigenvalue weighted by molar-refractivity contribution is 6.25. The SMILES string of the molecule is C=Cc1ccc(CC)c(C2=CC3CC2C2C(=O)N(c4c(C)cc(Cc5cc(C)c(N6C(=O)C7C8C=C(c9cc(C=C)ccc9CC)C(C8)C7C6=O)c(C(C)C)c5)cc4C(C)C)C(=O)C32)c1. The van der Waals surface area contributed by atoms with Crippen molar-refractivity contribution in [2.45, 2.75) is 99.3 Å². The molecule has 2 heterocycles. The predicted molar refractivity (Wildman–Crippen MR) is 263 cm³/mol. The molecule has 332 valence electrons. The number of carbonyl (C=O) groups excluding carboxylic acids is 4. The Morgan fingerprint density at radius 3 is 1.31 bits per heavy atom. The molecule has 2 aliphatic heterocycles. The molecule has 0 radical (unpaired) electrons. The highest BCUT2D eigenvalue weighted by Crippen LogP contribution is 2.61. The van der Waals surface area contributed by atoms with Crippen LogP contribution in [-0.2, 0) is 38.4 Å². The number of amides is 4. The minimum atomic E-state index is -0.356. The lowest BCUT2D eigenvalue weighted by Gasteiger charge is -2.27. The molecular weight excluding hydrogens is 801 g/mol. The molecule has 2 saturated heterocycles. The van der Waals surface area contributed by atoms with Crippen molar-refractivity contribution in [2.75, 3.05) is 9.80 Å². The summed E-state index contributed by atoms with van der Waals surface area (Å²) in [6.07, 6.45) is 12.4. The lowest BCUT2D eigenvalue weighted by molar-refractivity contribution is -0.124. The summed E-state index contributed by atoms with van der Waals surface area (Å²) in [5.41, 5.74) is 17.0. The van der Waals surface area contributed by atoms with Gasteiger partial charge in [0.25, 0.3) is 0 Å². The fraction of sp³-hybridized carbons (Fsp3) is 0.390. The molecule has 4 aromatic rings. The first-order valence-corrected chi connectivity index (χ1v) is 24.2. The van der Waals surface area contributed by atoms with Crippen molar-refractivity contribution in [3.05, 3.63) is 153 Å². The Labute approximate surface area is 385 Å². The maximum Gasteiger partial charge on any atom is 0.238 e. The van der Waals surface area contributed by atoms with E-state index in [2.05, 4.69) is 128 Å². The molecular formula is C59H62N2O4. The maximum absolute atomic E-state index is 14.7. The van der Waals surface area contributed by atoms with E-state index in [4.69, 9.17) is 0 Å². The van der Waals surface area contributed by atoms with E-state index in [0.717, 1.165) is 81.6 Å². The number of hydrogen-bond acceptors (Lipinski definition) is 4. The molecule has 65 heavy (non-hydrogen) atoms. The van der Waals surface area contributed by atoms with Gasteiger partial charge in [0, 0.05) is 0 Å².